The summed E-state index contributed by atoms with van der Waals surface area (Å²) in [5.41, 5.74) is 7.79. The number of aliphatic hydroxyl groups excluding tert-OH is 3. The maximum atomic E-state index is 13.9. The van der Waals surface area contributed by atoms with Crippen molar-refractivity contribution in [2.24, 2.45) is 5.73 Å². The highest BCUT2D eigenvalue weighted by Gasteiger charge is 2.48. The first-order valence-corrected chi connectivity index (χ1v) is 16.1. The van der Waals surface area contributed by atoms with E-state index in [4.69, 9.17) is 19.9 Å². The quantitative estimate of drug-likeness (QED) is 0.127. The van der Waals surface area contributed by atoms with Crippen LogP contribution in [0.2, 0.25) is 0 Å². The number of hydrogen-bond donors (Lipinski definition) is 8. The van der Waals surface area contributed by atoms with E-state index in [1.54, 1.807) is 18.2 Å². The number of phenolic OH excluding ortho intramolecular Hbond substituents is 1. The number of ether oxygens (including phenoxy) is 3. The van der Waals surface area contributed by atoms with Gasteiger partial charge in [-0.25, -0.2) is 0 Å². The standard InChI is InChI=1S/C34H35N5O10/c35-34-37-31-23(32(46)38-34)36-13-39(31)20-8-4-3-5-15(20)14-9-10-47-12-21-26(42)28(44)29(45)33(48-21)49-30-18(14)11-19-22(27(30)43)25(41)17-7-2-1-6-16(17)24(19)40/h1-8,11,14,21,23,26,28-29,31,33-34,36-37,42-45H,9-10,12-13,35H2,(H,38,46)/t14-,21-,23+,26-,28+,29-,31-,33+,34-/m0/s1. The van der Waals surface area contributed by atoms with E-state index in [0.717, 1.165) is 0 Å². The number of phenols is 1. The van der Waals surface area contributed by atoms with Gasteiger partial charge in [-0.1, -0.05) is 42.5 Å². The molecule has 4 heterocycles. The molecule has 9 atom stereocenters. The van der Waals surface area contributed by atoms with Gasteiger partial charge in [-0.05, 0) is 24.1 Å². The lowest BCUT2D eigenvalue weighted by molar-refractivity contribution is -0.279. The Morgan fingerprint density at radius 2 is 1.61 bits per heavy atom. The summed E-state index contributed by atoms with van der Waals surface area (Å²) in [5.74, 6) is -2.84. The van der Waals surface area contributed by atoms with Crippen molar-refractivity contribution in [2.45, 2.75) is 61.5 Å². The molecule has 3 saturated heterocycles. The number of nitrogens with zero attached hydrogens (tertiary/aromatic N) is 1. The van der Waals surface area contributed by atoms with Crippen molar-refractivity contribution in [3.05, 3.63) is 88.0 Å². The number of aliphatic hydroxyl groups is 3. The number of para-hydroxylation sites is 1. The fourth-order valence-electron chi connectivity index (χ4n) is 7.52. The highest BCUT2D eigenvalue weighted by molar-refractivity contribution is 6.29. The van der Waals surface area contributed by atoms with Crippen molar-refractivity contribution >= 4 is 23.2 Å². The Labute approximate surface area is 279 Å². The van der Waals surface area contributed by atoms with E-state index < -0.39 is 72.4 Å². The van der Waals surface area contributed by atoms with Crippen LogP contribution in [0.1, 0.15) is 55.3 Å². The van der Waals surface area contributed by atoms with Crippen LogP contribution in [0.4, 0.5) is 5.69 Å². The van der Waals surface area contributed by atoms with Crippen LogP contribution >= 0.6 is 0 Å². The SMILES string of the molecule is N[C@@H]1NC(=O)[C@@H]2NCN(c3ccccc3[C@@H]3CCOC[C@@H]4O[C@H](Oc5c3cc3c(c5O)C(=O)c5ccccc5C3=O)[C@@H](O)[C@H](O)[C@H]4O)[C@@H]2N1. The number of carbonyl (C=O) groups excluding carboxylic acids is 3. The molecule has 256 valence electrons. The van der Waals surface area contributed by atoms with Gasteiger partial charge >= 0.3 is 0 Å². The second kappa shape index (κ2) is 12.2. The fraction of sp³-hybridized carbons (Fsp3) is 0.382. The Bertz CT molecular complexity index is 1860. The van der Waals surface area contributed by atoms with Gasteiger partial charge in [0, 0.05) is 40.5 Å². The number of benzene rings is 3. The first-order chi connectivity index (χ1) is 23.6. The number of nitrogens with two attached hydrogens (primary N) is 1. The highest BCUT2D eigenvalue weighted by atomic mass is 16.7. The van der Waals surface area contributed by atoms with Gasteiger partial charge in [-0.15, -0.1) is 0 Å². The second-order valence-electron chi connectivity index (χ2n) is 12.8. The average Bonchev–Trinajstić information content (AvgIpc) is 3.51. The molecule has 0 unspecified atom stereocenters. The molecule has 0 spiro atoms. The normalized spacial score (nSPS) is 32.5. The zero-order valence-electron chi connectivity index (χ0n) is 26.0. The molecule has 0 radical (unpaired) electrons. The van der Waals surface area contributed by atoms with Crippen LogP contribution in [-0.4, -0.2) is 107 Å². The van der Waals surface area contributed by atoms with Crippen LogP contribution in [0.5, 0.6) is 11.5 Å². The minimum Gasteiger partial charge on any atom is -0.504 e. The molecule has 15 nitrogen and oxygen atoms in total. The third kappa shape index (κ3) is 5.09. The lowest BCUT2D eigenvalue weighted by Gasteiger charge is -2.40. The minimum absolute atomic E-state index is 0.0280. The molecule has 9 N–H and O–H groups in total. The third-order valence-electron chi connectivity index (χ3n) is 9.97. The molecule has 3 aromatic rings. The van der Waals surface area contributed by atoms with Crippen molar-refractivity contribution in [2.75, 3.05) is 24.8 Å². The number of amides is 1. The predicted octanol–water partition coefficient (Wildman–Crippen LogP) is -1.07. The van der Waals surface area contributed by atoms with E-state index in [0.29, 0.717) is 11.3 Å². The highest BCUT2D eigenvalue weighted by Crippen LogP contribution is 2.49. The largest absolute Gasteiger partial charge is 0.504 e. The number of ketones is 2. The lowest BCUT2D eigenvalue weighted by Crippen LogP contribution is -2.70. The molecule has 3 fully saturated rings. The van der Waals surface area contributed by atoms with Crippen LogP contribution in [-0.2, 0) is 14.3 Å². The fourth-order valence-corrected chi connectivity index (χ4v) is 7.52. The average molecular weight is 674 g/mol. The Kier molecular flexibility index (Phi) is 7.89. The van der Waals surface area contributed by atoms with Crippen LogP contribution in [0, 0.1) is 0 Å². The maximum Gasteiger partial charge on any atom is 0.242 e. The summed E-state index contributed by atoms with van der Waals surface area (Å²) in [4.78, 5) is 42.5. The summed E-state index contributed by atoms with van der Waals surface area (Å²) in [6, 6.07) is 14.7. The van der Waals surface area contributed by atoms with Crippen LogP contribution < -0.4 is 31.3 Å². The van der Waals surface area contributed by atoms with Gasteiger partial charge < -0.3 is 44.9 Å². The zero-order chi connectivity index (χ0) is 34.1. The summed E-state index contributed by atoms with van der Waals surface area (Å²) in [6.45, 7) is 0.226. The molecular formula is C34H35N5O10. The van der Waals surface area contributed by atoms with Gasteiger partial charge in [-0.3, -0.25) is 30.8 Å². The molecule has 1 amide bonds. The van der Waals surface area contributed by atoms with E-state index in [1.807, 2.05) is 29.2 Å². The van der Waals surface area contributed by atoms with E-state index in [-0.39, 0.29) is 65.8 Å². The number of nitrogens with one attached hydrogen (secondary N) is 3. The summed E-state index contributed by atoms with van der Waals surface area (Å²) < 4.78 is 18.0. The number of hydrogen-bond acceptors (Lipinski definition) is 14. The summed E-state index contributed by atoms with van der Waals surface area (Å²) in [5, 5.41) is 53.3. The van der Waals surface area contributed by atoms with Crippen molar-refractivity contribution in [3.8, 4) is 11.5 Å². The van der Waals surface area contributed by atoms with E-state index >= 15 is 0 Å². The topological polar surface area (TPSA) is 225 Å². The lowest BCUT2D eigenvalue weighted by atomic mass is 9.79. The first kappa shape index (κ1) is 31.8. The van der Waals surface area contributed by atoms with Crippen molar-refractivity contribution < 1.29 is 49.0 Å². The van der Waals surface area contributed by atoms with E-state index in [2.05, 4.69) is 16.0 Å². The minimum atomic E-state index is -1.75. The molecule has 2 bridgehead atoms. The molecule has 15 heteroatoms. The number of aromatic hydroxyl groups is 1. The number of carbonyl (C=O) groups is 3. The zero-order valence-corrected chi connectivity index (χ0v) is 26.0. The molecule has 1 aliphatic carbocycles. The van der Waals surface area contributed by atoms with Crippen molar-refractivity contribution in [3.63, 3.8) is 0 Å². The molecule has 49 heavy (non-hydrogen) atoms. The molecule has 4 aliphatic heterocycles. The molecular weight excluding hydrogens is 638 g/mol. The Balaban J connectivity index is 1.31. The number of fused-ring (bicyclic) bond motifs is 6. The predicted molar refractivity (Wildman–Crippen MR) is 170 cm³/mol. The monoisotopic (exact) mass is 673 g/mol. The molecule has 0 aromatic heterocycles. The van der Waals surface area contributed by atoms with Crippen LogP contribution in [0.15, 0.2) is 54.6 Å². The Hall–Kier alpha value is -4.45. The van der Waals surface area contributed by atoms with Gasteiger partial charge in [0.1, 0.15) is 42.9 Å². The smallest absolute Gasteiger partial charge is 0.242 e. The maximum absolute atomic E-state index is 13.9. The Morgan fingerprint density at radius 1 is 0.878 bits per heavy atom. The van der Waals surface area contributed by atoms with E-state index in [1.165, 1.54) is 12.1 Å². The molecule has 0 saturated carbocycles. The summed E-state index contributed by atoms with van der Waals surface area (Å²) >= 11 is 0. The van der Waals surface area contributed by atoms with Gasteiger partial charge in [0.05, 0.1) is 18.8 Å². The summed E-state index contributed by atoms with van der Waals surface area (Å²) in [7, 11) is 0. The first-order valence-electron chi connectivity index (χ1n) is 16.1. The number of rotatable bonds is 2. The third-order valence-corrected chi connectivity index (χ3v) is 9.97. The number of anilines is 1. The Morgan fingerprint density at radius 3 is 2.41 bits per heavy atom. The van der Waals surface area contributed by atoms with E-state index in [9.17, 15) is 34.8 Å². The van der Waals surface area contributed by atoms with Gasteiger partial charge in [0.25, 0.3) is 0 Å². The van der Waals surface area contributed by atoms with Gasteiger partial charge in [0.15, 0.2) is 23.1 Å². The van der Waals surface area contributed by atoms with Gasteiger partial charge in [-0.2, -0.15) is 0 Å². The molecule has 3 aromatic carbocycles. The van der Waals surface area contributed by atoms with Crippen molar-refractivity contribution in [1.82, 2.24) is 16.0 Å². The van der Waals surface area contributed by atoms with Crippen molar-refractivity contribution in [1.29, 1.82) is 0 Å². The molecule has 5 aliphatic rings. The van der Waals surface area contributed by atoms with Crippen LogP contribution in [0.25, 0.3) is 0 Å². The molecule has 8 rings (SSSR count). The van der Waals surface area contributed by atoms with Crippen LogP contribution in [0.3, 0.4) is 0 Å². The van der Waals surface area contributed by atoms with Gasteiger partial charge in [0.2, 0.25) is 12.2 Å². The second-order valence-corrected chi connectivity index (χ2v) is 12.8. The summed E-state index contributed by atoms with van der Waals surface area (Å²) in [6.07, 6.45) is -8.66.